The second-order valence-corrected chi connectivity index (χ2v) is 3.81. The molecule has 2 aliphatic rings. The van der Waals surface area contributed by atoms with Crippen LogP contribution in [0.5, 0.6) is 0 Å². The standard InChI is InChI=1S/C8H14O5/c1-4-5(10)6(11)8(2-9)3-12-7(4)13-8/h4-7,9-11H,2-3H2,1H3/t4-,5-,6-,7+,8+/m1/s1. The van der Waals surface area contributed by atoms with Crippen molar-refractivity contribution in [2.75, 3.05) is 13.2 Å². The molecule has 0 saturated carbocycles. The van der Waals surface area contributed by atoms with E-state index in [0.717, 1.165) is 0 Å². The maximum absolute atomic E-state index is 9.67. The Bertz CT molecular complexity index is 209. The summed E-state index contributed by atoms with van der Waals surface area (Å²) in [5.74, 6) is -0.267. The van der Waals surface area contributed by atoms with Gasteiger partial charge in [-0.25, -0.2) is 0 Å². The summed E-state index contributed by atoms with van der Waals surface area (Å²) in [6, 6.07) is 0. The number of hydrogen-bond donors (Lipinski definition) is 3. The maximum atomic E-state index is 9.67. The molecule has 2 aliphatic heterocycles. The van der Waals surface area contributed by atoms with Gasteiger partial charge in [-0.3, -0.25) is 0 Å². The van der Waals surface area contributed by atoms with Crippen molar-refractivity contribution in [2.24, 2.45) is 5.92 Å². The zero-order chi connectivity index (χ0) is 9.64. The largest absolute Gasteiger partial charge is 0.393 e. The van der Waals surface area contributed by atoms with Crippen molar-refractivity contribution in [1.82, 2.24) is 0 Å². The minimum Gasteiger partial charge on any atom is -0.393 e. The summed E-state index contributed by atoms with van der Waals surface area (Å²) in [6.07, 6.45) is -2.48. The monoisotopic (exact) mass is 190 g/mol. The minimum absolute atomic E-state index is 0.136. The van der Waals surface area contributed by atoms with Crippen LogP contribution >= 0.6 is 0 Å². The Labute approximate surface area is 75.9 Å². The van der Waals surface area contributed by atoms with Gasteiger partial charge in [-0.15, -0.1) is 0 Å². The zero-order valence-corrected chi connectivity index (χ0v) is 7.38. The minimum atomic E-state index is -1.11. The van der Waals surface area contributed by atoms with Gasteiger partial charge in [-0.2, -0.15) is 0 Å². The van der Waals surface area contributed by atoms with E-state index < -0.39 is 24.1 Å². The van der Waals surface area contributed by atoms with Gasteiger partial charge < -0.3 is 24.8 Å². The number of aliphatic hydroxyl groups excluding tert-OH is 3. The summed E-state index contributed by atoms with van der Waals surface area (Å²) in [6.45, 7) is 1.54. The third kappa shape index (κ3) is 1.12. The Hall–Kier alpha value is -0.200. The molecule has 0 aromatic rings. The zero-order valence-electron chi connectivity index (χ0n) is 7.38. The Morgan fingerprint density at radius 3 is 2.77 bits per heavy atom. The van der Waals surface area contributed by atoms with Crippen LogP contribution in [-0.4, -0.2) is 52.6 Å². The summed E-state index contributed by atoms with van der Waals surface area (Å²) in [5.41, 5.74) is -1.11. The summed E-state index contributed by atoms with van der Waals surface area (Å²) in [5, 5.41) is 28.3. The highest BCUT2D eigenvalue weighted by Gasteiger charge is 2.57. The van der Waals surface area contributed by atoms with Crippen LogP contribution in [0.25, 0.3) is 0 Å². The van der Waals surface area contributed by atoms with E-state index in [1.54, 1.807) is 6.92 Å². The lowest BCUT2D eigenvalue weighted by Crippen LogP contribution is -2.59. The van der Waals surface area contributed by atoms with Crippen molar-refractivity contribution in [3.63, 3.8) is 0 Å². The second-order valence-electron chi connectivity index (χ2n) is 3.81. The van der Waals surface area contributed by atoms with E-state index in [2.05, 4.69) is 0 Å². The fraction of sp³-hybridized carbons (Fsp3) is 1.00. The molecule has 2 heterocycles. The van der Waals surface area contributed by atoms with Gasteiger partial charge in [-0.1, -0.05) is 6.92 Å². The van der Waals surface area contributed by atoms with Gasteiger partial charge in [0, 0.05) is 5.92 Å². The molecule has 0 spiro atoms. The quantitative estimate of drug-likeness (QED) is 0.467. The SMILES string of the molecule is C[C@H]1[C@H]2OC[C@](CO)(O2)[C@H](O)[C@@H]1O. The molecule has 76 valence electrons. The van der Waals surface area contributed by atoms with E-state index in [1.165, 1.54) is 0 Å². The topological polar surface area (TPSA) is 79.2 Å². The first-order valence-corrected chi connectivity index (χ1v) is 4.37. The van der Waals surface area contributed by atoms with Crippen LogP contribution in [0.2, 0.25) is 0 Å². The van der Waals surface area contributed by atoms with Crippen LogP contribution in [0.4, 0.5) is 0 Å². The molecule has 0 aromatic carbocycles. The van der Waals surface area contributed by atoms with Crippen LogP contribution in [0.1, 0.15) is 6.92 Å². The molecule has 5 heteroatoms. The third-order valence-electron chi connectivity index (χ3n) is 2.94. The average molecular weight is 190 g/mol. The van der Waals surface area contributed by atoms with Gasteiger partial charge in [0.25, 0.3) is 0 Å². The van der Waals surface area contributed by atoms with Gasteiger partial charge in [0.05, 0.1) is 19.3 Å². The van der Waals surface area contributed by atoms with Crippen LogP contribution in [-0.2, 0) is 9.47 Å². The Kier molecular flexibility index (Phi) is 2.08. The second kappa shape index (κ2) is 2.90. The first-order chi connectivity index (χ1) is 6.10. The molecule has 2 rings (SSSR count). The van der Waals surface area contributed by atoms with Gasteiger partial charge in [0.15, 0.2) is 6.29 Å². The molecule has 13 heavy (non-hydrogen) atoms. The smallest absolute Gasteiger partial charge is 0.163 e. The number of ether oxygens (including phenoxy) is 2. The number of hydrogen-bond acceptors (Lipinski definition) is 5. The van der Waals surface area contributed by atoms with Crippen molar-refractivity contribution in [3.05, 3.63) is 0 Å². The van der Waals surface area contributed by atoms with E-state index >= 15 is 0 Å². The van der Waals surface area contributed by atoms with E-state index in [4.69, 9.17) is 14.6 Å². The lowest BCUT2D eigenvalue weighted by Gasteiger charge is -2.40. The molecule has 0 aromatic heterocycles. The number of aliphatic hydroxyl groups is 3. The Balaban J connectivity index is 2.25. The van der Waals surface area contributed by atoms with E-state index in [0.29, 0.717) is 0 Å². The third-order valence-corrected chi connectivity index (χ3v) is 2.94. The molecule has 5 nitrogen and oxygen atoms in total. The number of fused-ring (bicyclic) bond motifs is 2. The van der Waals surface area contributed by atoms with Crippen LogP contribution < -0.4 is 0 Å². The van der Waals surface area contributed by atoms with Crippen molar-refractivity contribution in [3.8, 4) is 0 Å². The van der Waals surface area contributed by atoms with Gasteiger partial charge in [0.1, 0.15) is 11.7 Å². The van der Waals surface area contributed by atoms with Crippen molar-refractivity contribution in [1.29, 1.82) is 0 Å². The van der Waals surface area contributed by atoms with Crippen LogP contribution in [0.15, 0.2) is 0 Å². The lowest BCUT2D eigenvalue weighted by atomic mass is 9.86. The van der Waals surface area contributed by atoms with E-state index in [1.807, 2.05) is 0 Å². The fourth-order valence-electron chi connectivity index (χ4n) is 1.87. The molecule has 0 unspecified atom stereocenters. The molecule has 0 amide bonds. The van der Waals surface area contributed by atoms with E-state index in [9.17, 15) is 10.2 Å². The van der Waals surface area contributed by atoms with Crippen molar-refractivity contribution < 1.29 is 24.8 Å². The predicted octanol–water partition coefficient (Wildman–Crippen LogP) is -1.54. The van der Waals surface area contributed by atoms with Crippen molar-refractivity contribution >= 4 is 0 Å². The molecule has 5 atom stereocenters. The summed E-state index contributed by atoms with van der Waals surface area (Å²) in [7, 11) is 0. The summed E-state index contributed by atoms with van der Waals surface area (Å²) in [4.78, 5) is 0. The highest BCUT2D eigenvalue weighted by atomic mass is 16.7. The first-order valence-electron chi connectivity index (χ1n) is 4.37. The lowest BCUT2D eigenvalue weighted by molar-refractivity contribution is -0.244. The van der Waals surface area contributed by atoms with Crippen molar-refractivity contribution in [2.45, 2.75) is 31.0 Å². The normalized spacial score (nSPS) is 55.4. The Morgan fingerprint density at radius 1 is 1.46 bits per heavy atom. The van der Waals surface area contributed by atoms with Gasteiger partial charge >= 0.3 is 0 Å². The van der Waals surface area contributed by atoms with Crippen LogP contribution in [0, 0.1) is 5.92 Å². The van der Waals surface area contributed by atoms with Gasteiger partial charge in [-0.05, 0) is 0 Å². The molecule has 3 N–H and O–H groups in total. The molecular weight excluding hydrogens is 176 g/mol. The Morgan fingerprint density at radius 2 is 2.15 bits per heavy atom. The molecule has 2 fully saturated rings. The fourth-order valence-corrected chi connectivity index (χ4v) is 1.87. The molecule has 0 aliphatic carbocycles. The average Bonchev–Trinajstić information content (AvgIpc) is 2.55. The number of rotatable bonds is 1. The molecular formula is C8H14O5. The summed E-state index contributed by atoms with van der Waals surface area (Å²) < 4.78 is 10.6. The van der Waals surface area contributed by atoms with E-state index in [-0.39, 0.29) is 19.1 Å². The summed E-state index contributed by atoms with van der Waals surface area (Å²) >= 11 is 0. The molecule has 0 radical (unpaired) electrons. The first kappa shape index (κ1) is 9.36. The predicted molar refractivity (Wildman–Crippen MR) is 41.8 cm³/mol. The maximum Gasteiger partial charge on any atom is 0.163 e. The van der Waals surface area contributed by atoms with Gasteiger partial charge in [0.2, 0.25) is 0 Å². The molecule has 2 saturated heterocycles. The highest BCUT2D eigenvalue weighted by molar-refractivity contribution is 5.02. The van der Waals surface area contributed by atoms with Crippen LogP contribution in [0.3, 0.4) is 0 Å². The highest BCUT2D eigenvalue weighted by Crippen LogP contribution is 2.39. The molecule has 2 bridgehead atoms.